The van der Waals surface area contributed by atoms with E-state index in [-0.39, 0.29) is 5.82 Å². The summed E-state index contributed by atoms with van der Waals surface area (Å²) >= 11 is 0. The molecule has 0 aliphatic carbocycles. The van der Waals surface area contributed by atoms with Crippen LogP contribution >= 0.6 is 0 Å². The van der Waals surface area contributed by atoms with E-state index < -0.39 is 0 Å². The molecule has 0 radical (unpaired) electrons. The number of unbranched alkanes of at least 4 members (excludes halogenated alkanes) is 1. The Labute approximate surface area is 126 Å². The van der Waals surface area contributed by atoms with Crippen LogP contribution in [0.2, 0.25) is 0 Å². The van der Waals surface area contributed by atoms with E-state index in [1.165, 1.54) is 11.8 Å². The molecular formula is C18H23FN2. The van der Waals surface area contributed by atoms with Gasteiger partial charge in [0, 0.05) is 25.3 Å². The van der Waals surface area contributed by atoms with Gasteiger partial charge in [-0.2, -0.15) is 0 Å². The van der Waals surface area contributed by atoms with Crippen molar-refractivity contribution in [2.45, 2.75) is 32.9 Å². The number of hydrogen-bond acceptors (Lipinski definition) is 2. The zero-order valence-electron chi connectivity index (χ0n) is 12.6. The van der Waals surface area contributed by atoms with E-state index in [0.717, 1.165) is 30.5 Å². The summed E-state index contributed by atoms with van der Waals surface area (Å²) in [5.74, 6) is -0.212. The van der Waals surface area contributed by atoms with Crippen molar-refractivity contribution in [3.05, 3.63) is 65.5 Å². The lowest BCUT2D eigenvalue weighted by Gasteiger charge is -2.25. The largest absolute Gasteiger partial charge is 0.367 e. The van der Waals surface area contributed by atoms with E-state index in [1.54, 1.807) is 6.07 Å². The molecule has 0 aliphatic heterocycles. The van der Waals surface area contributed by atoms with Crippen LogP contribution in [-0.4, -0.2) is 6.54 Å². The van der Waals surface area contributed by atoms with Gasteiger partial charge in [-0.15, -0.1) is 0 Å². The zero-order chi connectivity index (χ0) is 15.1. The molecule has 0 saturated carbocycles. The van der Waals surface area contributed by atoms with Gasteiger partial charge in [-0.25, -0.2) is 4.39 Å². The second-order valence-electron chi connectivity index (χ2n) is 5.28. The molecule has 0 saturated heterocycles. The van der Waals surface area contributed by atoms with Gasteiger partial charge in [0.05, 0.1) is 0 Å². The average molecular weight is 286 g/mol. The van der Waals surface area contributed by atoms with Crippen molar-refractivity contribution in [1.82, 2.24) is 0 Å². The molecule has 0 fully saturated rings. The lowest BCUT2D eigenvalue weighted by atomic mass is 10.1. The Kier molecular flexibility index (Phi) is 5.76. The SMILES string of the molecule is CCCCN(Cc1cc(F)cc(CN)c1)c1ccccc1. The van der Waals surface area contributed by atoms with Gasteiger partial charge in [0.2, 0.25) is 0 Å². The first-order valence-electron chi connectivity index (χ1n) is 7.51. The van der Waals surface area contributed by atoms with Gasteiger partial charge in [0.15, 0.2) is 0 Å². The predicted molar refractivity (Wildman–Crippen MR) is 86.7 cm³/mol. The Bertz CT molecular complexity index is 554. The summed E-state index contributed by atoms with van der Waals surface area (Å²) in [6, 6.07) is 15.4. The molecule has 112 valence electrons. The molecule has 0 amide bonds. The molecule has 0 aromatic heterocycles. The molecule has 0 aliphatic rings. The molecule has 2 nitrogen and oxygen atoms in total. The fourth-order valence-electron chi connectivity index (χ4n) is 2.43. The minimum absolute atomic E-state index is 0.212. The standard InChI is InChI=1S/C18H23FN2/c1-2-3-9-21(18-7-5-4-6-8-18)14-16-10-15(13-20)11-17(19)12-16/h4-8,10-12H,2-3,9,13-14,20H2,1H3. The zero-order valence-corrected chi connectivity index (χ0v) is 12.6. The van der Waals surface area contributed by atoms with Crippen molar-refractivity contribution in [3.63, 3.8) is 0 Å². The second kappa shape index (κ2) is 7.79. The molecule has 0 unspecified atom stereocenters. The number of anilines is 1. The highest BCUT2D eigenvalue weighted by molar-refractivity contribution is 5.46. The first kappa shape index (κ1) is 15.5. The van der Waals surface area contributed by atoms with Crippen LogP contribution in [0, 0.1) is 5.82 Å². The number of nitrogens with two attached hydrogens (primary N) is 1. The third-order valence-electron chi connectivity index (χ3n) is 3.53. The van der Waals surface area contributed by atoms with Gasteiger partial charge in [-0.3, -0.25) is 0 Å². The lowest BCUT2D eigenvalue weighted by molar-refractivity contribution is 0.621. The van der Waals surface area contributed by atoms with Crippen LogP contribution in [0.15, 0.2) is 48.5 Å². The number of benzene rings is 2. The molecule has 2 aromatic rings. The maximum Gasteiger partial charge on any atom is 0.123 e. The molecule has 2 aromatic carbocycles. The van der Waals surface area contributed by atoms with Crippen LogP contribution in [0.1, 0.15) is 30.9 Å². The lowest BCUT2D eigenvalue weighted by Crippen LogP contribution is -2.24. The molecule has 2 rings (SSSR count). The number of para-hydroxylation sites is 1. The first-order valence-corrected chi connectivity index (χ1v) is 7.51. The summed E-state index contributed by atoms with van der Waals surface area (Å²) in [4.78, 5) is 2.29. The monoisotopic (exact) mass is 286 g/mol. The van der Waals surface area contributed by atoms with Crippen LogP contribution in [0.3, 0.4) is 0 Å². The average Bonchev–Trinajstić information content (AvgIpc) is 2.51. The number of hydrogen-bond donors (Lipinski definition) is 1. The highest BCUT2D eigenvalue weighted by atomic mass is 19.1. The highest BCUT2D eigenvalue weighted by Gasteiger charge is 2.08. The van der Waals surface area contributed by atoms with Gasteiger partial charge in [-0.05, 0) is 41.8 Å². The molecule has 3 heteroatoms. The smallest absolute Gasteiger partial charge is 0.123 e. The maximum atomic E-state index is 13.6. The molecule has 0 atom stereocenters. The predicted octanol–water partition coefficient (Wildman–Crippen LogP) is 4.09. The Morgan fingerprint density at radius 2 is 1.76 bits per heavy atom. The summed E-state index contributed by atoms with van der Waals surface area (Å²) in [5, 5.41) is 0. The first-order chi connectivity index (χ1) is 10.2. The van der Waals surface area contributed by atoms with Crippen molar-refractivity contribution in [2.24, 2.45) is 5.73 Å². The van der Waals surface area contributed by atoms with E-state index in [1.807, 2.05) is 24.3 Å². The third-order valence-corrected chi connectivity index (χ3v) is 3.53. The number of nitrogens with zero attached hydrogens (tertiary/aromatic N) is 1. The molecule has 21 heavy (non-hydrogen) atoms. The Balaban J connectivity index is 2.20. The van der Waals surface area contributed by atoms with Crippen LogP contribution < -0.4 is 10.6 Å². The second-order valence-corrected chi connectivity index (χ2v) is 5.28. The van der Waals surface area contributed by atoms with Crippen LogP contribution in [0.5, 0.6) is 0 Å². The van der Waals surface area contributed by atoms with Crippen molar-refractivity contribution >= 4 is 5.69 Å². The molecule has 0 heterocycles. The normalized spacial score (nSPS) is 10.6. The van der Waals surface area contributed by atoms with Crippen molar-refractivity contribution < 1.29 is 4.39 Å². The van der Waals surface area contributed by atoms with Gasteiger partial charge in [0.1, 0.15) is 5.82 Å². The van der Waals surface area contributed by atoms with E-state index in [4.69, 9.17) is 5.73 Å². The minimum atomic E-state index is -0.212. The molecule has 0 spiro atoms. The van der Waals surface area contributed by atoms with E-state index >= 15 is 0 Å². The summed E-state index contributed by atoms with van der Waals surface area (Å²) in [6.45, 7) is 4.21. The minimum Gasteiger partial charge on any atom is -0.367 e. The Hall–Kier alpha value is -1.87. The van der Waals surface area contributed by atoms with Crippen molar-refractivity contribution in [1.29, 1.82) is 0 Å². The molecule has 0 bridgehead atoms. The summed E-state index contributed by atoms with van der Waals surface area (Å²) in [6.07, 6.45) is 2.26. The van der Waals surface area contributed by atoms with Gasteiger partial charge in [0.25, 0.3) is 0 Å². The van der Waals surface area contributed by atoms with Crippen molar-refractivity contribution in [2.75, 3.05) is 11.4 Å². The van der Waals surface area contributed by atoms with Gasteiger partial charge >= 0.3 is 0 Å². The summed E-state index contributed by atoms with van der Waals surface area (Å²) in [5.41, 5.74) is 8.61. The van der Waals surface area contributed by atoms with E-state index in [0.29, 0.717) is 13.1 Å². The van der Waals surface area contributed by atoms with Crippen LogP contribution in [0.4, 0.5) is 10.1 Å². The summed E-state index contributed by atoms with van der Waals surface area (Å²) in [7, 11) is 0. The Morgan fingerprint density at radius 1 is 1.05 bits per heavy atom. The van der Waals surface area contributed by atoms with Crippen LogP contribution in [0.25, 0.3) is 0 Å². The quantitative estimate of drug-likeness (QED) is 0.830. The molecular weight excluding hydrogens is 263 g/mol. The fraction of sp³-hybridized carbons (Fsp3) is 0.333. The maximum absolute atomic E-state index is 13.6. The highest BCUT2D eigenvalue weighted by Crippen LogP contribution is 2.19. The number of rotatable bonds is 7. The van der Waals surface area contributed by atoms with E-state index in [9.17, 15) is 4.39 Å². The van der Waals surface area contributed by atoms with Crippen molar-refractivity contribution in [3.8, 4) is 0 Å². The summed E-state index contributed by atoms with van der Waals surface area (Å²) < 4.78 is 13.6. The Morgan fingerprint density at radius 3 is 2.43 bits per heavy atom. The molecule has 2 N–H and O–H groups in total. The van der Waals surface area contributed by atoms with Gasteiger partial charge in [-0.1, -0.05) is 37.6 Å². The topological polar surface area (TPSA) is 29.3 Å². The third kappa shape index (κ3) is 4.57. The van der Waals surface area contributed by atoms with E-state index in [2.05, 4.69) is 24.0 Å². The van der Waals surface area contributed by atoms with Gasteiger partial charge < -0.3 is 10.6 Å². The van der Waals surface area contributed by atoms with Crippen LogP contribution in [-0.2, 0) is 13.1 Å². The number of halogens is 1. The fourth-order valence-corrected chi connectivity index (χ4v) is 2.43.